The van der Waals surface area contributed by atoms with Crippen LogP contribution < -0.4 is 10.6 Å². The van der Waals surface area contributed by atoms with Crippen molar-refractivity contribution in [2.45, 2.75) is 12.8 Å². The number of nitrogens with zero attached hydrogens (tertiary/aromatic N) is 3. The Morgan fingerprint density at radius 2 is 2.22 bits per heavy atom. The van der Waals surface area contributed by atoms with E-state index in [4.69, 9.17) is 5.73 Å². The largest absolute Gasteiger partial charge is 0.356 e. The van der Waals surface area contributed by atoms with Gasteiger partial charge in [0.05, 0.1) is 9.40 Å². The van der Waals surface area contributed by atoms with Crippen LogP contribution in [0.3, 0.4) is 0 Å². The SMILES string of the molecule is NCC1CCN(c2ncc([N+](=O)[O-])cc2Br)CC1. The lowest BCUT2D eigenvalue weighted by Crippen LogP contribution is -2.36. The average molecular weight is 315 g/mol. The van der Waals surface area contributed by atoms with Crippen molar-refractivity contribution in [2.75, 3.05) is 24.5 Å². The minimum Gasteiger partial charge on any atom is -0.356 e. The Labute approximate surface area is 113 Å². The maximum atomic E-state index is 10.6. The van der Waals surface area contributed by atoms with Crippen molar-refractivity contribution in [1.29, 1.82) is 0 Å². The molecule has 0 spiro atoms. The Kier molecular flexibility index (Phi) is 4.13. The Morgan fingerprint density at radius 3 is 2.72 bits per heavy atom. The van der Waals surface area contributed by atoms with Crippen LogP contribution in [0, 0.1) is 16.0 Å². The third kappa shape index (κ3) is 2.78. The molecule has 0 radical (unpaired) electrons. The van der Waals surface area contributed by atoms with Crippen LogP contribution in [0.5, 0.6) is 0 Å². The van der Waals surface area contributed by atoms with E-state index in [1.54, 1.807) is 0 Å². The molecule has 0 amide bonds. The van der Waals surface area contributed by atoms with Gasteiger partial charge in [0, 0.05) is 19.2 Å². The van der Waals surface area contributed by atoms with Crippen LogP contribution >= 0.6 is 15.9 Å². The molecule has 0 aromatic carbocycles. The first-order valence-electron chi connectivity index (χ1n) is 5.86. The zero-order valence-electron chi connectivity index (χ0n) is 9.88. The van der Waals surface area contributed by atoms with Gasteiger partial charge in [-0.15, -0.1) is 0 Å². The number of hydrogen-bond donors (Lipinski definition) is 1. The average Bonchev–Trinajstić information content (AvgIpc) is 2.38. The molecule has 0 unspecified atom stereocenters. The molecule has 1 aliphatic rings. The van der Waals surface area contributed by atoms with E-state index in [0.29, 0.717) is 10.4 Å². The van der Waals surface area contributed by atoms with Crippen LogP contribution in [0.4, 0.5) is 11.5 Å². The summed E-state index contributed by atoms with van der Waals surface area (Å²) < 4.78 is 0.669. The van der Waals surface area contributed by atoms with E-state index in [2.05, 4.69) is 25.8 Å². The molecule has 0 saturated carbocycles. The molecule has 2 heterocycles. The highest BCUT2D eigenvalue weighted by molar-refractivity contribution is 9.10. The van der Waals surface area contributed by atoms with Gasteiger partial charge in [0.2, 0.25) is 0 Å². The van der Waals surface area contributed by atoms with E-state index >= 15 is 0 Å². The monoisotopic (exact) mass is 314 g/mol. The van der Waals surface area contributed by atoms with Crippen LogP contribution in [0.1, 0.15) is 12.8 Å². The molecule has 18 heavy (non-hydrogen) atoms. The van der Waals surface area contributed by atoms with Gasteiger partial charge in [0.15, 0.2) is 0 Å². The molecule has 0 bridgehead atoms. The third-order valence-corrected chi connectivity index (χ3v) is 3.85. The molecule has 2 N–H and O–H groups in total. The van der Waals surface area contributed by atoms with Gasteiger partial charge >= 0.3 is 0 Å². The number of pyridine rings is 1. The highest BCUT2D eigenvalue weighted by Crippen LogP contribution is 2.30. The molecule has 7 heteroatoms. The second kappa shape index (κ2) is 5.62. The molecule has 2 rings (SSSR count). The number of aromatic nitrogens is 1. The van der Waals surface area contributed by atoms with Crippen LogP contribution in [0.25, 0.3) is 0 Å². The Morgan fingerprint density at radius 1 is 1.56 bits per heavy atom. The van der Waals surface area contributed by atoms with Gasteiger partial charge in [0.1, 0.15) is 12.0 Å². The summed E-state index contributed by atoms with van der Waals surface area (Å²) in [5.41, 5.74) is 5.65. The van der Waals surface area contributed by atoms with Crippen LogP contribution in [-0.4, -0.2) is 29.5 Å². The molecule has 1 aliphatic heterocycles. The number of nitrogens with two attached hydrogens (primary N) is 1. The van der Waals surface area contributed by atoms with Crippen molar-refractivity contribution < 1.29 is 4.92 Å². The van der Waals surface area contributed by atoms with Crippen molar-refractivity contribution in [3.63, 3.8) is 0 Å². The lowest BCUT2D eigenvalue weighted by Gasteiger charge is -2.32. The first-order valence-corrected chi connectivity index (χ1v) is 6.66. The summed E-state index contributed by atoms with van der Waals surface area (Å²) in [6.45, 7) is 2.51. The minimum atomic E-state index is -0.442. The normalized spacial score (nSPS) is 16.9. The van der Waals surface area contributed by atoms with E-state index < -0.39 is 4.92 Å². The van der Waals surface area contributed by atoms with Gasteiger partial charge in [-0.1, -0.05) is 0 Å². The topological polar surface area (TPSA) is 85.3 Å². The van der Waals surface area contributed by atoms with Crippen molar-refractivity contribution in [1.82, 2.24) is 4.98 Å². The van der Waals surface area contributed by atoms with E-state index in [1.807, 2.05) is 0 Å². The van der Waals surface area contributed by atoms with E-state index in [-0.39, 0.29) is 5.69 Å². The molecule has 0 aliphatic carbocycles. The van der Waals surface area contributed by atoms with Crippen molar-refractivity contribution >= 4 is 27.4 Å². The van der Waals surface area contributed by atoms with E-state index in [9.17, 15) is 10.1 Å². The summed E-state index contributed by atoms with van der Waals surface area (Å²) in [5.74, 6) is 1.36. The molecule has 6 nitrogen and oxygen atoms in total. The van der Waals surface area contributed by atoms with E-state index in [1.165, 1.54) is 12.3 Å². The molecular formula is C11H15BrN4O2. The summed E-state index contributed by atoms with van der Waals surface area (Å²) in [7, 11) is 0. The molecule has 1 aromatic rings. The smallest absolute Gasteiger partial charge is 0.288 e. The number of halogens is 1. The van der Waals surface area contributed by atoms with Gasteiger partial charge in [-0.25, -0.2) is 4.98 Å². The van der Waals surface area contributed by atoms with Gasteiger partial charge in [0.25, 0.3) is 5.69 Å². The Balaban J connectivity index is 2.12. The van der Waals surface area contributed by atoms with Crippen molar-refractivity contribution in [2.24, 2.45) is 11.7 Å². The van der Waals surface area contributed by atoms with Crippen LogP contribution in [0.15, 0.2) is 16.7 Å². The fraction of sp³-hybridized carbons (Fsp3) is 0.545. The van der Waals surface area contributed by atoms with Gasteiger partial charge in [-0.05, 0) is 41.2 Å². The van der Waals surface area contributed by atoms with Crippen molar-refractivity contribution in [3.05, 3.63) is 26.9 Å². The zero-order valence-corrected chi connectivity index (χ0v) is 11.5. The Bertz CT molecular complexity index is 447. The first kappa shape index (κ1) is 13.2. The van der Waals surface area contributed by atoms with Crippen molar-refractivity contribution in [3.8, 4) is 0 Å². The van der Waals surface area contributed by atoms with E-state index in [0.717, 1.165) is 38.3 Å². The predicted molar refractivity (Wildman–Crippen MR) is 72.6 cm³/mol. The quantitative estimate of drug-likeness (QED) is 0.680. The molecule has 0 atom stereocenters. The number of hydrogen-bond acceptors (Lipinski definition) is 5. The summed E-state index contributed by atoms with van der Waals surface area (Å²) in [4.78, 5) is 16.5. The van der Waals surface area contributed by atoms with Gasteiger partial charge < -0.3 is 10.6 Å². The summed E-state index contributed by atoms with van der Waals surface area (Å²) in [5, 5.41) is 10.6. The molecule has 98 valence electrons. The highest BCUT2D eigenvalue weighted by Gasteiger charge is 2.21. The molecule has 1 saturated heterocycles. The molecule has 1 aromatic heterocycles. The Hall–Kier alpha value is -1.21. The second-order valence-electron chi connectivity index (χ2n) is 4.42. The standard InChI is InChI=1S/C11H15BrN4O2/c12-10-5-9(16(17)18)7-14-11(10)15-3-1-8(6-13)2-4-15/h5,7-8H,1-4,6,13H2. The fourth-order valence-corrected chi connectivity index (χ4v) is 2.72. The number of piperidine rings is 1. The zero-order chi connectivity index (χ0) is 13.1. The third-order valence-electron chi connectivity index (χ3n) is 3.27. The molecule has 1 fully saturated rings. The fourth-order valence-electron chi connectivity index (χ4n) is 2.13. The van der Waals surface area contributed by atoms with Crippen LogP contribution in [-0.2, 0) is 0 Å². The summed E-state index contributed by atoms with van der Waals surface area (Å²) in [6, 6.07) is 1.50. The maximum absolute atomic E-state index is 10.6. The molecular weight excluding hydrogens is 300 g/mol. The minimum absolute atomic E-state index is 0.00229. The summed E-state index contributed by atoms with van der Waals surface area (Å²) in [6.07, 6.45) is 3.39. The lowest BCUT2D eigenvalue weighted by atomic mass is 9.97. The predicted octanol–water partition coefficient (Wildman–Crippen LogP) is 1.93. The number of rotatable bonds is 3. The lowest BCUT2D eigenvalue weighted by molar-refractivity contribution is -0.385. The second-order valence-corrected chi connectivity index (χ2v) is 5.28. The highest BCUT2D eigenvalue weighted by atomic mass is 79.9. The number of anilines is 1. The maximum Gasteiger partial charge on any atom is 0.288 e. The first-order chi connectivity index (χ1) is 8.61. The number of nitro groups is 1. The van der Waals surface area contributed by atoms with Crippen LogP contribution in [0.2, 0.25) is 0 Å². The van der Waals surface area contributed by atoms with Gasteiger partial charge in [-0.2, -0.15) is 0 Å². The van der Waals surface area contributed by atoms with Gasteiger partial charge in [-0.3, -0.25) is 10.1 Å². The summed E-state index contributed by atoms with van der Waals surface area (Å²) >= 11 is 3.35.